The van der Waals surface area contributed by atoms with Crippen molar-refractivity contribution in [3.05, 3.63) is 33.2 Å². The third kappa shape index (κ3) is 5.65. The molecule has 0 radical (unpaired) electrons. The van der Waals surface area contributed by atoms with E-state index in [1.807, 2.05) is 0 Å². The summed E-state index contributed by atoms with van der Waals surface area (Å²) in [5, 5.41) is 12.7. The van der Waals surface area contributed by atoms with Crippen molar-refractivity contribution in [3.8, 4) is 0 Å². The smallest absolute Gasteiger partial charge is 0.322 e. The third-order valence-corrected chi connectivity index (χ3v) is 2.61. The quantitative estimate of drug-likeness (QED) is 0.606. The fraction of sp³-hybridized carbons (Fsp3) is 0.273. The monoisotopic (exact) mass is 345 g/mol. The Morgan fingerprint density at radius 3 is 2.45 bits per heavy atom. The molecule has 1 aromatic rings. The first kappa shape index (κ1) is 15.9. The molecule has 0 fully saturated rings. The molecule has 2 amide bonds. The number of carboxylic acid groups (broad SMARTS) is 1. The number of hydrogen-bond acceptors (Lipinski definition) is 4. The van der Waals surface area contributed by atoms with Crippen LogP contribution in [-0.2, 0) is 20.9 Å². The number of aromatic nitrogens is 1. The summed E-state index contributed by atoms with van der Waals surface area (Å²) in [4.78, 5) is 44.3. The Bertz CT molecular complexity index is 584. The Kier molecular flexibility index (Phi) is 5.91. The SMILES string of the molecule is O=C(O)CNC(=O)CNC(=O)Cn1cc(Br)ccc1=O. The van der Waals surface area contributed by atoms with Crippen LogP contribution in [0.3, 0.4) is 0 Å². The first-order valence-corrected chi connectivity index (χ1v) is 6.29. The number of hydrogen-bond donors (Lipinski definition) is 3. The van der Waals surface area contributed by atoms with E-state index in [1.54, 1.807) is 6.07 Å². The van der Waals surface area contributed by atoms with E-state index >= 15 is 0 Å². The van der Waals surface area contributed by atoms with Crippen molar-refractivity contribution in [2.45, 2.75) is 6.54 Å². The van der Waals surface area contributed by atoms with Gasteiger partial charge in [-0.05, 0) is 22.0 Å². The van der Waals surface area contributed by atoms with Crippen molar-refractivity contribution in [2.24, 2.45) is 0 Å². The molecule has 1 aromatic heterocycles. The molecule has 0 saturated heterocycles. The maximum absolute atomic E-state index is 11.5. The van der Waals surface area contributed by atoms with Gasteiger partial charge in [0.15, 0.2) is 0 Å². The van der Waals surface area contributed by atoms with Crippen LogP contribution in [0, 0.1) is 0 Å². The fourth-order valence-electron chi connectivity index (χ4n) is 1.25. The van der Waals surface area contributed by atoms with E-state index in [2.05, 4.69) is 26.6 Å². The van der Waals surface area contributed by atoms with Crippen molar-refractivity contribution in [3.63, 3.8) is 0 Å². The van der Waals surface area contributed by atoms with Crippen LogP contribution in [0.25, 0.3) is 0 Å². The standard InChI is InChI=1S/C11H12BrN3O5/c12-7-1-2-10(18)15(5-7)6-9(17)13-3-8(16)14-4-11(19)20/h1-2,5H,3-4,6H2,(H,13,17)(H,14,16)(H,19,20). The molecule has 108 valence electrons. The molecule has 0 aliphatic rings. The largest absolute Gasteiger partial charge is 0.480 e. The minimum Gasteiger partial charge on any atom is -0.480 e. The summed E-state index contributed by atoms with van der Waals surface area (Å²) >= 11 is 3.17. The van der Waals surface area contributed by atoms with Crippen LogP contribution >= 0.6 is 15.9 Å². The van der Waals surface area contributed by atoms with Gasteiger partial charge < -0.3 is 20.3 Å². The first-order valence-electron chi connectivity index (χ1n) is 5.49. The number of nitrogens with zero attached hydrogens (tertiary/aromatic N) is 1. The van der Waals surface area contributed by atoms with Crippen LogP contribution in [0.2, 0.25) is 0 Å². The van der Waals surface area contributed by atoms with E-state index in [1.165, 1.54) is 16.8 Å². The molecule has 0 saturated carbocycles. The van der Waals surface area contributed by atoms with Crippen molar-refractivity contribution in [2.75, 3.05) is 13.1 Å². The normalized spacial score (nSPS) is 9.85. The molecule has 0 unspecified atom stereocenters. The van der Waals surface area contributed by atoms with Crippen molar-refractivity contribution >= 4 is 33.7 Å². The molecule has 0 aliphatic carbocycles. The number of carboxylic acids is 1. The van der Waals surface area contributed by atoms with E-state index in [0.29, 0.717) is 4.47 Å². The molecule has 3 N–H and O–H groups in total. The van der Waals surface area contributed by atoms with Gasteiger partial charge in [-0.3, -0.25) is 19.2 Å². The lowest BCUT2D eigenvalue weighted by atomic mass is 10.4. The van der Waals surface area contributed by atoms with Crippen molar-refractivity contribution in [1.29, 1.82) is 0 Å². The summed E-state index contributed by atoms with van der Waals surface area (Å²) in [7, 11) is 0. The number of aliphatic carboxylic acids is 1. The van der Waals surface area contributed by atoms with Gasteiger partial charge in [0.1, 0.15) is 13.1 Å². The average molecular weight is 346 g/mol. The van der Waals surface area contributed by atoms with Gasteiger partial charge in [-0.15, -0.1) is 0 Å². The number of rotatable bonds is 6. The number of nitrogens with one attached hydrogen (secondary N) is 2. The van der Waals surface area contributed by atoms with Crippen molar-refractivity contribution < 1.29 is 19.5 Å². The van der Waals surface area contributed by atoms with Gasteiger partial charge in [0.2, 0.25) is 11.8 Å². The summed E-state index contributed by atoms with van der Waals surface area (Å²) in [6, 6.07) is 2.85. The minimum atomic E-state index is -1.18. The van der Waals surface area contributed by atoms with Gasteiger partial charge >= 0.3 is 5.97 Å². The highest BCUT2D eigenvalue weighted by molar-refractivity contribution is 9.10. The lowest BCUT2D eigenvalue weighted by Gasteiger charge is -2.07. The lowest BCUT2D eigenvalue weighted by Crippen LogP contribution is -2.40. The second-order valence-electron chi connectivity index (χ2n) is 3.76. The molecule has 1 rings (SSSR count). The predicted molar refractivity (Wildman–Crippen MR) is 72.1 cm³/mol. The Morgan fingerprint density at radius 1 is 1.15 bits per heavy atom. The zero-order chi connectivity index (χ0) is 15.1. The van der Waals surface area contributed by atoms with E-state index in [9.17, 15) is 19.2 Å². The highest BCUT2D eigenvalue weighted by atomic mass is 79.9. The van der Waals surface area contributed by atoms with E-state index in [0.717, 1.165) is 0 Å². The topological polar surface area (TPSA) is 118 Å². The maximum Gasteiger partial charge on any atom is 0.322 e. The molecule has 8 nitrogen and oxygen atoms in total. The van der Waals surface area contributed by atoms with Gasteiger partial charge in [-0.25, -0.2) is 0 Å². The van der Waals surface area contributed by atoms with Crippen LogP contribution in [0.15, 0.2) is 27.6 Å². The van der Waals surface area contributed by atoms with Crippen LogP contribution in [0.4, 0.5) is 0 Å². The molecule has 9 heteroatoms. The molecule has 0 aliphatic heterocycles. The fourth-order valence-corrected chi connectivity index (χ4v) is 1.63. The van der Waals surface area contributed by atoms with Gasteiger partial charge in [0.05, 0.1) is 6.54 Å². The van der Waals surface area contributed by atoms with Crippen molar-refractivity contribution in [1.82, 2.24) is 15.2 Å². The van der Waals surface area contributed by atoms with Gasteiger partial charge in [0.25, 0.3) is 5.56 Å². The van der Waals surface area contributed by atoms with Gasteiger partial charge in [-0.2, -0.15) is 0 Å². The maximum atomic E-state index is 11.5. The second kappa shape index (κ2) is 7.43. The Balaban J connectivity index is 2.44. The molecular formula is C11H12BrN3O5. The average Bonchev–Trinajstić information content (AvgIpc) is 2.38. The molecule has 0 spiro atoms. The molecule has 0 bridgehead atoms. The highest BCUT2D eigenvalue weighted by Gasteiger charge is 2.08. The van der Waals surface area contributed by atoms with E-state index < -0.39 is 24.3 Å². The predicted octanol–water partition coefficient (Wildman–Crippen LogP) is -1.07. The second-order valence-corrected chi connectivity index (χ2v) is 4.68. The van der Waals surface area contributed by atoms with Crippen LogP contribution in [0.1, 0.15) is 0 Å². The Labute approximate surface area is 121 Å². The summed E-state index contributed by atoms with van der Waals surface area (Å²) in [5.41, 5.74) is -0.348. The first-order chi connectivity index (χ1) is 9.38. The number of amides is 2. The molecular weight excluding hydrogens is 334 g/mol. The van der Waals surface area contributed by atoms with Crippen LogP contribution < -0.4 is 16.2 Å². The number of carbonyl (C=O) groups excluding carboxylic acids is 2. The number of carbonyl (C=O) groups is 3. The zero-order valence-electron chi connectivity index (χ0n) is 10.3. The molecule has 0 aromatic carbocycles. The van der Waals surface area contributed by atoms with Gasteiger partial charge in [0, 0.05) is 16.7 Å². The molecule has 1 heterocycles. The Morgan fingerprint density at radius 2 is 1.80 bits per heavy atom. The van der Waals surface area contributed by atoms with E-state index in [-0.39, 0.29) is 18.6 Å². The minimum absolute atomic E-state index is 0.232. The highest BCUT2D eigenvalue weighted by Crippen LogP contribution is 2.04. The summed E-state index contributed by atoms with van der Waals surface area (Å²) in [5.74, 6) is -2.33. The molecule has 0 atom stereocenters. The van der Waals surface area contributed by atoms with Gasteiger partial charge in [-0.1, -0.05) is 0 Å². The molecule has 20 heavy (non-hydrogen) atoms. The van der Waals surface area contributed by atoms with E-state index in [4.69, 9.17) is 5.11 Å². The summed E-state index contributed by atoms with van der Waals surface area (Å²) < 4.78 is 1.82. The Hall–Kier alpha value is -2.16. The number of pyridine rings is 1. The summed E-state index contributed by atoms with van der Waals surface area (Å²) in [6.45, 7) is -1.10. The van der Waals surface area contributed by atoms with Crippen LogP contribution in [-0.4, -0.2) is 40.5 Å². The summed E-state index contributed by atoms with van der Waals surface area (Å²) in [6.07, 6.45) is 1.45. The third-order valence-electron chi connectivity index (χ3n) is 2.14. The zero-order valence-corrected chi connectivity index (χ0v) is 11.8. The van der Waals surface area contributed by atoms with Crippen LogP contribution in [0.5, 0.6) is 0 Å². The number of halogens is 1. The lowest BCUT2D eigenvalue weighted by molar-refractivity contribution is -0.137.